The van der Waals surface area contributed by atoms with Crippen LogP contribution in [0.1, 0.15) is 38.3 Å². The molecule has 1 amide bonds. The average Bonchev–Trinajstić information content (AvgIpc) is 2.81. The van der Waals surface area contributed by atoms with Gasteiger partial charge >= 0.3 is 0 Å². The van der Waals surface area contributed by atoms with Gasteiger partial charge in [-0.3, -0.25) is 9.69 Å². The fraction of sp³-hybridized carbons (Fsp3) is 0.458. The molecule has 2 rings (SSSR count). The lowest BCUT2D eigenvalue weighted by molar-refractivity contribution is -0.121. The monoisotopic (exact) mass is 479 g/mol. The molecule has 0 aliphatic rings. The van der Waals surface area contributed by atoms with Gasteiger partial charge in [0, 0.05) is 26.6 Å². The van der Waals surface area contributed by atoms with Crippen LogP contribution >= 0.6 is 0 Å². The summed E-state index contributed by atoms with van der Waals surface area (Å²) in [7, 11) is -0.644. The summed E-state index contributed by atoms with van der Waals surface area (Å²) in [6.07, 6.45) is 0.574. The maximum absolute atomic E-state index is 13.1. The number of nitrogens with zero attached hydrogens (tertiary/aromatic N) is 2. The number of benzene rings is 2. The normalized spacial score (nSPS) is 12.7. The SMILES string of the molecule is CCN(CC)C(CNC(=O)CCCN(C)S(=O)(=O)c1ccc(F)cc1)c1cccc(OC)c1. The standard InChI is InChI=1S/C24H34FN3O4S/c1-5-28(6-2)23(19-9-7-10-21(17-19)32-4)18-26-24(29)11-8-16-27(3)33(30,31)22-14-12-20(25)13-15-22/h7,9-10,12-15,17,23H,5-6,8,11,16,18H2,1-4H3,(H,26,29). The number of likely N-dealkylation sites (N-methyl/N-ethyl adjacent to an activating group) is 1. The molecule has 0 bridgehead atoms. The summed E-state index contributed by atoms with van der Waals surface area (Å²) in [5.74, 6) is 0.134. The van der Waals surface area contributed by atoms with Crippen molar-refractivity contribution < 1.29 is 22.3 Å². The van der Waals surface area contributed by atoms with E-state index in [0.717, 1.165) is 36.5 Å². The van der Waals surface area contributed by atoms with Crippen LogP contribution in [0.5, 0.6) is 5.75 Å². The highest BCUT2D eigenvalue weighted by Gasteiger charge is 2.22. The fourth-order valence-electron chi connectivity index (χ4n) is 3.64. The summed E-state index contributed by atoms with van der Waals surface area (Å²) in [6, 6.07) is 12.5. The van der Waals surface area contributed by atoms with Gasteiger partial charge in [-0.05, 0) is 61.5 Å². The third-order valence-electron chi connectivity index (χ3n) is 5.62. The summed E-state index contributed by atoms with van der Waals surface area (Å²) >= 11 is 0. The Hall–Kier alpha value is -2.49. The summed E-state index contributed by atoms with van der Waals surface area (Å²) in [4.78, 5) is 14.8. The molecule has 1 unspecified atom stereocenters. The zero-order valence-electron chi connectivity index (χ0n) is 19.8. The molecule has 2 aromatic rings. The minimum atomic E-state index is -3.72. The Bertz CT molecular complexity index is 995. The van der Waals surface area contributed by atoms with E-state index in [-0.39, 0.29) is 29.8 Å². The van der Waals surface area contributed by atoms with Crippen molar-refractivity contribution in [2.45, 2.75) is 37.6 Å². The van der Waals surface area contributed by atoms with Crippen molar-refractivity contribution in [3.8, 4) is 5.75 Å². The second-order valence-electron chi connectivity index (χ2n) is 7.70. The Morgan fingerprint density at radius 2 is 1.79 bits per heavy atom. The number of carbonyl (C=O) groups is 1. The molecule has 1 atom stereocenters. The lowest BCUT2D eigenvalue weighted by Gasteiger charge is -2.30. The molecule has 0 heterocycles. The molecular formula is C24H34FN3O4S. The first kappa shape index (κ1) is 26.8. The largest absolute Gasteiger partial charge is 0.497 e. The molecular weight excluding hydrogens is 445 g/mol. The van der Waals surface area contributed by atoms with Crippen molar-refractivity contribution in [2.75, 3.05) is 40.3 Å². The topological polar surface area (TPSA) is 79.0 Å². The lowest BCUT2D eigenvalue weighted by Crippen LogP contribution is -2.38. The third-order valence-corrected chi connectivity index (χ3v) is 7.49. The maximum atomic E-state index is 13.1. The van der Waals surface area contributed by atoms with Crippen molar-refractivity contribution in [3.05, 3.63) is 59.9 Å². The molecule has 0 aliphatic heterocycles. The minimum absolute atomic E-state index is 0.000535. The van der Waals surface area contributed by atoms with Gasteiger partial charge in [0.2, 0.25) is 15.9 Å². The highest BCUT2D eigenvalue weighted by atomic mass is 32.2. The number of hydrogen-bond acceptors (Lipinski definition) is 5. The molecule has 0 radical (unpaired) electrons. The lowest BCUT2D eigenvalue weighted by atomic mass is 10.0. The number of ether oxygens (including phenoxy) is 1. The van der Waals surface area contributed by atoms with Crippen molar-refractivity contribution >= 4 is 15.9 Å². The number of amides is 1. The van der Waals surface area contributed by atoms with Crippen LogP contribution in [0, 0.1) is 5.82 Å². The number of rotatable bonds is 13. The van der Waals surface area contributed by atoms with E-state index in [1.54, 1.807) is 7.11 Å². The minimum Gasteiger partial charge on any atom is -0.497 e. The van der Waals surface area contributed by atoms with E-state index in [1.807, 2.05) is 24.3 Å². The van der Waals surface area contributed by atoms with Gasteiger partial charge in [0.25, 0.3) is 0 Å². The summed E-state index contributed by atoms with van der Waals surface area (Å²) in [6.45, 7) is 6.45. The smallest absolute Gasteiger partial charge is 0.242 e. The molecule has 0 saturated carbocycles. The van der Waals surface area contributed by atoms with Gasteiger partial charge in [0.15, 0.2) is 0 Å². The number of carbonyl (C=O) groups excluding carboxylic acids is 1. The molecule has 0 spiro atoms. The molecule has 2 aromatic carbocycles. The molecule has 7 nitrogen and oxygen atoms in total. The van der Waals surface area contributed by atoms with E-state index >= 15 is 0 Å². The first-order valence-electron chi connectivity index (χ1n) is 11.1. The Kier molecular flexibility index (Phi) is 10.3. The molecule has 33 heavy (non-hydrogen) atoms. The van der Waals surface area contributed by atoms with E-state index in [9.17, 15) is 17.6 Å². The van der Waals surface area contributed by atoms with E-state index in [2.05, 4.69) is 24.1 Å². The van der Waals surface area contributed by atoms with Gasteiger partial charge in [0.05, 0.1) is 18.0 Å². The van der Waals surface area contributed by atoms with E-state index in [4.69, 9.17) is 4.74 Å². The number of nitrogens with one attached hydrogen (secondary N) is 1. The van der Waals surface area contributed by atoms with Crippen LogP contribution < -0.4 is 10.1 Å². The van der Waals surface area contributed by atoms with Gasteiger partial charge in [0.1, 0.15) is 11.6 Å². The second kappa shape index (κ2) is 12.7. The summed E-state index contributed by atoms with van der Waals surface area (Å²) in [5, 5.41) is 2.99. The van der Waals surface area contributed by atoms with Gasteiger partial charge in [-0.2, -0.15) is 0 Å². The quantitative estimate of drug-likeness (QED) is 0.476. The van der Waals surface area contributed by atoms with Crippen LogP contribution in [0.3, 0.4) is 0 Å². The average molecular weight is 480 g/mol. The van der Waals surface area contributed by atoms with Crippen molar-refractivity contribution in [1.82, 2.24) is 14.5 Å². The molecule has 0 saturated heterocycles. The zero-order chi connectivity index (χ0) is 24.4. The molecule has 0 fully saturated rings. The van der Waals surface area contributed by atoms with E-state index < -0.39 is 15.8 Å². The van der Waals surface area contributed by atoms with Crippen LogP contribution in [0.15, 0.2) is 53.4 Å². The highest BCUT2D eigenvalue weighted by molar-refractivity contribution is 7.89. The van der Waals surface area contributed by atoms with Crippen LogP contribution in [-0.2, 0) is 14.8 Å². The molecule has 9 heteroatoms. The van der Waals surface area contributed by atoms with Crippen LogP contribution in [0.2, 0.25) is 0 Å². The Morgan fingerprint density at radius 1 is 1.12 bits per heavy atom. The van der Waals surface area contributed by atoms with Crippen molar-refractivity contribution in [1.29, 1.82) is 0 Å². The predicted octanol–water partition coefficient (Wildman–Crippen LogP) is 3.43. The number of halogens is 1. The van der Waals surface area contributed by atoms with Crippen molar-refractivity contribution in [3.63, 3.8) is 0 Å². The Labute approximate surface area is 196 Å². The van der Waals surface area contributed by atoms with Gasteiger partial charge in [-0.1, -0.05) is 26.0 Å². The molecule has 182 valence electrons. The summed E-state index contributed by atoms with van der Waals surface area (Å²) in [5.41, 5.74) is 1.06. The van der Waals surface area contributed by atoms with Crippen molar-refractivity contribution in [2.24, 2.45) is 0 Å². The Morgan fingerprint density at radius 3 is 2.39 bits per heavy atom. The second-order valence-corrected chi connectivity index (χ2v) is 9.75. The van der Waals surface area contributed by atoms with Crippen LogP contribution in [-0.4, -0.2) is 63.9 Å². The number of hydrogen-bond donors (Lipinski definition) is 1. The molecule has 1 N–H and O–H groups in total. The molecule has 0 aromatic heterocycles. The highest BCUT2D eigenvalue weighted by Crippen LogP contribution is 2.24. The van der Waals surface area contributed by atoms with Gasteiger partial charge < -0.3 is 10.1 Å². The fourth-order valence-corrected chi connectivity index (χ4v) is 4.85. The predicted molar refractivity (Wildman–Crippen MR) is 127 cm³/mol. The van der Waals surface area contributed by atoms with E-state index in [1.165, 1.54) is 23.5 Å². The van der Waals surface area contributed by atoms with Crippen LogP contribution in [0.25, 0.3) is 0 Å². The van der Waals surface area contributed by atoms with E-state index in [0.29, 0.717) is 13.0 Å². The van der Waals surface area contributed by atoms with Gasteiger partial charge in [-0.15, -0.1) is 0 Å². The third kappa shape index (κ3) is 7.52. The first-order chi connectivity index (χ1) is 15.7. The first-order valence-corrected chi connectivity index (χ1v) is 12.5. The number of sulfonamides is 1. The zero-order valence-corrected chi connectivity index (χ0v) is 20.6. The van der Waals surface area contributed by atoms with Crippen LogP contribution in [0.4, 0.5) is 4.39 Å². The maximum Gasteiger partial charge on any atom is 0.242 e. The van der Waals surface area contributed by atoms with Gasteiger partial charge in [-0.25, -0.2) is 17.1 Å². The number of methoxy groups -OCH3 is 1. The Balaban J connectivity index is 1.92. The summed E-state index contributed by atoms with van der Waals surface area (Å²) < 4.78 is 44.7. The molecule has 0 aliphatic carbocycles.